The standard InChI is InChI=1S/C11H12ClNO2/c12-10-5-2-1-4-9(10)8-15-11(14)6-3-7-13/h1-6H,7-8,13H2/b6-3+. The molecule has 80 valence electrons. The van der Waals surface area contributed by atoms with E-state index in [1.54, 1.807) is 6.07 Å². The lowest BCUT2D eigenvalue weighted by Crippen LogP contribution is -2.02. The fourth-order valence-electron chi connectivity index (χ4n) is 0.977. The monoisotopic (exact) mass is 225 g/mol. The molecule has 0 fully saturated rings. The smallest absolute Gasteiger partial charge is 0.330 e. The van der Waals surface area contributed by atoms with Gasteiger partial charge in [-0.2, -0.15) is 0 Å². The van der Waals surface area contributed by atoms with E-state index in [0.29, 0.717) is 11.6 Å². The second-order valence-electron chi connectivity index (χ2n) is 2.84. The van der Waals surface area contributed by atoms with E-state index in [4.69, 9.17) is 22.1 Å². The van der Waals surface area contributed by atoms with E-state index in [2.05, 4.69) is 0 Å². The number of carbonyl (C=O) groups is 1. The van der Waals surface area contributed by atoms with E-state index in [1.807, 2.05) is 18.2 Å². The van der Waals surface area contributed by atoms with Crippen LogP contribution in [0.15, 0.2) is 36.4 Å². The fourth-order valence-corrected chi connectivity index (χ4v) is 1.17. The molecule has 0 saturated heterocycles. The third kappa shape index (κ3) is 4.14. The van der Waals surface area contributed by atoms with Gasteiger partial charge in [0.1, 0.15) is 6.61 Å². The van der Waals surface area contributed by atoms with Crippen molar-refractivity contribution in [1.29, 1.82) is 0 Å². The third-order valence-electron chi connectivity index (χ3n) is 1.72. The van der Waals surface area contributed by atoms with E-state index < -0.39 is 5.97 Å². The summed E-state index contributed by atoms with van der Waals surface area (Å²) in [5, 5.41) is 0.591. The number of nitrogens with two attached hydrogens (primary N) is 1. The molecule has 15 heavy (non-hydrogen) atoms. The number of benzene rings is 1. The molecule has 0 aromatic heterocycles. The van der Waals surface area contributed by atoms with Gasteiger partial charge in [-0.3, -0.25) is 0 Å². The molecule has 0 aliphatic carbocycles. The summed E-state index contributed by atoms with van der Waals surface area (Å²) in [6.07, 6.45) is 2.84. The van der Waals surface area contributed by atoms with E-state index in [0.717, 1.165) is 5.56 Å². The predicted octanol–water partition coefficient (Wildman–Crippen LogP) is 1.90. The molecule has 0 unspecified atom stereocenters. The molecule has 1 rings (SSSR count). The average molecular weight is 226 g/mol. The van der Waals surface area contributed by atoms with E-state index in [-0.39, 0.29) is 6.61 Å². The first-order valence-electron chi connectivity index (χ1n) is 4.51. The lowest BCUT2D eigenvalue weighted by molar-refractivity contribution is -0.139. The Kier molecular flexibility index (Phi) is 4.87. The fraction of sp³-hybridized carbons (Fsp3) is 0.182. The van der Waals surface area contributed by atoms with Crippen molar-refractivity contribution >= 4 is 17.6 Å². The van der Waals surface area contributed by atoms with Crippen molar-refractivity contribution in [3.8, 4) is 0 Å². The van der Waals surface area contributed by atoms with Gasteiger partial charge in [0.15, 0.2) is 0 Å². The Bertz CT molecular complexity index is 363. The van der Waals surface area contributed by atoms with Gasteiger partial charge in [-0.05, 0) is 6.07 Å². The zero-order chi connectivity index (χ0) is 11.1. The van der Waals surface area contributed by atoms with Crippen LogP contribution in [0.25, 0.3) is 0 Å². The normalized spacial score (nSPS) is 10.5. The number of hydrogen-bond acceptors (Lipinski definition) is 3. The highest BCUT2D eigenvalue weighted by Gasteiger charge is 2.01. The Balaban J connectivity index is 2.47. The van der Waals surface area contributed by atoms with Crippen molar-refractivity contribution in [3.63, 3.8) is 0 Å². The number of ether oxygens (including phenoxy) is 1. The maximum absolute atomic E-state index is 11.1. The van der Waals surface area contributed by atoms with Crippen LogP contribution < -0.4 is 5.73 Å². The lowest BCUT2D eigenvalue weighted by atomic mass is 10.2. The zero-order valence-corrected chi connectivity index (χ0v) is 8.91. The summed E-state index contributed by atoms with van der Waals surface area (Å²) in [6, 6.07) is 7.22. The number of hydrogen-bond donors (Lipinski definition) is 1. The van der Waals surface area contributed by atoms with Crippen LogP contribution in [-0.2, 0) is 16.1 Å². The van der Waals surface area contributed by atoms with Crippen LogP contribution in [0.3, 0.4) is 0 Å². The zero-order valence-electron chi connectivity index (χ0n) is 8.15. The van der Waals surface area contributed by atoms with Gasteiger partial charge < -0.3 is 10.5 Å². The van der Waals surface area contributed by atoms with Gasteiger partial charge >= 0.3 is 5.97 Å². The number of carbonyl (C=O) groups excluding carboxylic acids is 1. The maximum atomic E-state index is 11.1. The summed E-state index contributed by atoms with van der Waals surface area (Å²) >= 11 is 5.88. The number of esters is 1. The minimum atomic E-state index is -0.416. The Morgan fingerprint density at radius 2 is 2.20 bits per heavy atom. The second kappa shape index (κ2) is 6.22. The van der Waals surface area contributed by atoms with Crippen LogP contribution in [0.2, 0.25) is 5.02 Å². The minimum absolute atomic E-state index is 0.174. The highest BCUT2D eigenvalue weighted by Crippen LogP contribution is 2.15. The summed E-state index contributed by atoms with van der Waals surface area (Å²) in [7, 11) is 0. The quantitative estimate of drug-likeness (QED) is 0.629. The van der Waals surface area contributed by atoms with Crippen LogP contribution in [-0.4, -0.2) is 12.5 Å². The van der Waals surface area contributed by atoms with Crippen LogP contribution in [0.4, 0.5) is 0 Å². The predicted molar refractivity (Wildman–Crippen MR) is 59.4 cm³/mol. The molecule has 0 spiro atoms. The molecule has 0 radical (unpaired) electrons. The first-order valence-corrected chi connectivity index (χ1v) is 4.88. The van der Waals surface area contributed by atoms with Crippen molar-refractivity contribution in [3.05, 3.63) is 47.0 Å². The Morgan fingerprint density at radius 3 is 2.87 bits per heavy atom. The van der Waals surface area contributed by atoms with Crippen LogP contribution in [0.1, 0.15) is 5.56 Å². The summed E-state index contributed by atoms with van der Waals surface area (Å²) < 4.78 is 4.95. The molecule has 0 aliphatic heterocycles. The molecular weight excluding hydrogens is 214 g/mol. The van der Waals surface area contributed by atoms with Crippen molar-refractivity contribution < 1.29 is 9.53 Å². The molecule has 0 atom stereocenters. The van der Waals surface area contributed by atoms with Crippen LogP contribution >= 0.6 is 11.6 Å². The molecule has 0 saturated carbocycles. The highest BCUT2D eigenvalue weighted by atomic mass is 35.5. The van der Waals surface area contributed by atoms with Crippen LogP contribution in [0, 0.1) is 0 Å². The summed E-state index contributed by atoms with van der Waals surface area (Å²) in [4.78, 5) is 11.1. The van der Waals surface area contributed by atoms with Crippen molar-refractivity contribution in [2.24, 2.45) is 5.73 Å². The van der Waals surface area contributed by atoms with E-state index >= 15 is 0 Å². The van der Waals surface area contributed by atoms with Gasteiger partial charge in [-0.15, -0.1) is 0 Å². The SMILES string of the molecule is NC/C=C/C(=O)OCc1ccccc1Cl. The maximum Gasteiger partial charge on any atom is 0.330 e. The van der Waals surface area contributed by atoms with Gasteiger partial charge in [0, 0.05) is 23.2 Å². The summed E-state index contributed by atoms with van der Waals surface area (Å²) in [5.74, 6) is -0.416. The van der Waals surface area contributed by atoms with E-state index in [9.17, 15) is 4.79 Å². The lowest BCUT2D eigenvalue weighted by Gasteiger charge is -2.03. The largest absolute Gasteiger partial charge is 0.458 e. The summed E-state index contributed by atoms with van der Waals surface area (Å²) in [5.41, 5.74) is 5.98. The molecule has 2 N–H and O–H groups in total. The molecular formula is C11H12ClNO2. The molecule has 0 heterocycles. The van der Waals surface area contributed by atoms with Gasteiger partial charge in [-0.1, -0.05) is 35.9 Å². The van der Waals surface area contributed by atoms with Gasteiger partial charge in [0.25, 0.3) is 0 Å². The van der Waals surface area contributed by atoms with Gasteiger partial charge in [0.05, 0.1) is 0 Å². The number of rotatable bonds is 4. The first-order chi connectivity index (χ1) is 7.24. The number of halogens is 1. The minimum Gasteiger partial charge on any atom is -0.458 e. The van der Waals surface area contributed by atoms with Gasteiger partial charge in [0.2, 0.25) is 0 Å². The Labute approximate surface area is 93.5 Å². The molecule has 0 bridgehead atoms. The van der Waals surface area contributed by atoms with Crippen molar-refractivity contribution in [2.75, 3.05) is 6.54 Å². The Hall–Kier alpha value is -1.32. The topological polar surface area (TPSA) is 52.3 Å². The molecule has 4 heteroatoms. The molecule has 0 amide bonds. The molecule has 1 aromatic carbocycles. The summed E-state index contributed by atoms with van der Waals surface area (Å²) in [6.45, 7) is 0.495. The molecule has 3 nitrogen and oxygen atoms in total. The van der Waals surface area contributed by atoms with E-state index in [1.165, 1.54) is 12.2 Å². The average Bonchev–Trinajstić information content (AvgIpc) is 2.25. The van der Waals surface area contributed by atoms with Gasteiger partial charge in [-0.25, -0.2) is 4.79 Å². The Morgan fingerprint density at radius 1 is 1.47 bits per heavy atom. The van der Waals surface area contributed by atoms with Crippen LogP contribution in [0.5, 0.6) is 0 Å². The molecule has 0 aliphatic rings. The van der Waals surface area contributed by atoms with Crippen molar-refractivity contribution in [2.45, 2.75) is 6.61 Å². The van der Waals surface area contributed by atoms with Crippen molar-refractivity contribution in [1.82, 2.24) is 0 Å². The first kappa shape index (κ1) is 11.8. The third-order valence-corrected chi connectivity index (χ3v) is 2.09. The highest BCUT2D eigenvalue weighted by molar-refractivity contribution is 6.31. The second-order valence-corrected chi connectivity index (χ2v) is 3.24. The molecule has 1 aromatic rings.